The highest BCUT2D eigenvalue weighted by molar-refractivity contribution is 5.78. The van der Waals surface area contributed by atoms with Crippen molar-refractivity contribution in [1.82, 2.24) is 25.4 Å². The summed E-state index contributed by atoms with van der Waals surface area (Å²) in [4.78, 5) is 15.6. The lowest BCUT2D eigenvalue weighted by Crippen LogP contribution is -2.35. The third-order valence-electron chi connectivity index (χ3n) is 2.64. The lowest BCUT2D eigenvalue weighted by atomic mass is 10.4. The van der Waals surface area contributed by atoms with Crippen molar-refractivity contribution in [2.75, 3.05) is 6.54 Å². The molecule has 2 rings (SSSR count). The van der Waals surface area contributed by atoms with Crippen molar-refractivity contribution in [2.24, 2.45) is 0 Å². The lowest BCUT2D eigenvalue weighted by molar-refractivity contribution is -0.120. The van der Waals surface area contributed by atoms with Gasteiger partial charge in [-0.25, -0.2) is 9.67 Å². The van der Waals surface area contributed by atoms with E-state index in [4.69, 9.17) is 0 Å². The summed E-state index contributed by atoms with van der Waals surface area (Å²) in [5, 5.41) is 10.1. The Balaban J connectivity index is 1.69. The van der Waals surface area contributed by atoms with Crippen LogP contribution < -0.4 is 10.6 Å². The smallest absolute Gasteiger partial charge is 0.234 e. The minimum absolute atomic E-state index is 0.0639. The standard InChI is InChI=1S/C11H19N5O/c1-2-5-16-10(13-8-14-16)6-12-7-11(17)15-9-3-4-9/h8-9,12H,2-7H2,1H3,(H,15,17). The topological polar surface area (TPSA) is 71.8 Å². The first-order valence-corrected chi connectivity index (χ1v) is 6.16. The molecule has 0 unspecified atom stereocenters. The summed E-state index contributed by atoms with van der Waals surface area (Å²) < 4.78 is 1.87. The Kier molecular flexibility index (Phi) is 4.08. The molecule has 6 nitrogen and oxygen atoms in total. The van der Waals surface area contributed by atoms with E-state index in [2.05, 4.69) is 27.6 Å². The number of nitrogens with one attached hydrogen (secondary N) is 2. The zero-order valence-electron chi connectivity index (χ0n) is 10.1. The zero-order chi connectivity index (χ0) is 12.1. The molecule has 6 heteroatoms. The number of rotatable bonds is 7. The molecule has 0 spiro atoms. The second kappa shape index (κ2) is 5.77. The summed E-state index contributed by atoms with van der Waals surface area (Å²) >= 11 is 0. The fraction of sp³-hybridized carbons (Fsp3) is 0.727. The third-order valence-corrected chi connectivity index (χ3v) is 2.64. The van der Waals surface area contributed by atoms with Crippen molar-refractivity contribution in [3.63, 3.8) is 0 Å². The molecule has 1 aromatic heterocycles. The first-order valence-electron chi connectivity index (χ1n) is 6.16. The van der Waals surface area contributed by atoms with E-state index in [0.717, 1.165) is 31.6 Å². The average Bonchev–Trinajstić information content (AvgIpc) is 3.00. The van der Waals surface area contributed by atoms with Crippen LogP contribution in [0, 0.1) is 0 Å². The predicted octanol–water partition coefficient (Wildman–Crippen LogP) is 0.0563. The quantitative estimate of drug-likeness (QED) is 0.703. The van der Waals surface area contributed by atoms with Gasteiger partial charge in [0, 0.05) is 12.6 Å². The Hall–Kier alpha value is -1.43. The molecule has 0 bridgehead atoms. The van der Waals surface area contributed by atoms with Crippen molar-refractivity contribution >= 4 is 5.91 Å². The van der Waals surface area contributed by atoms with Gasteiger partial charge in [-0.05, 0) is 19.3 Å². The number of carbonyl (C=O) groups is 1. The van der Waals surface area contributed by atoms with Gasteiger partial charge in [0.1, 0.15) is 12.2 Å². The van der Waals surface area contributed by atoms with E-state index in [-0.39, 0.29) is 5.91 Å². The van der Waals surface area contributed by atoms with Crippen molar-refractivity contribution in [3.8, 4) is 0 Å². The molecule has 1 aliphatic carbocycles. The predicted molar refractivity (Wildman–Crippen MR) is 63.2 cm³/mol. The van der Waals surface area contributed by atoms with E-state index in [1.165, 1.54) is 0 Å². The van der Waals surface area contributed by atoms with Crippen molar-refractivity contribution in [1.29, 1.82) is 0 Å². The van der Waals surface area contributed by atoms with Crippen LogP contribution in [0.3, 0.4) is 0 Å². The molecule has 0 aromatic carbocycles. The molecule has 1 amide bonds. The fourth-order valence-corrected chi connectivity index (χ4v) is 1.62. The Morgan fingerprint density at radius 3 is 3.12 bits per heavy atom. The van der Waals surface area contributed by atoms with Gasteiger partial charge >= 0.3 is 0 Å². The maximum absolute atomic E-state index is 11.4. The second-order valence-electron chi connectivity index (χ2n) is 4.34. The molecular formula is C11H19N5O. The molecular weight excluding hydrogens is 218 g/mol. The van der Waals surface area contributed by atoms with Crippen LogP contribution in [0.25, 0.3) is 0 Å². The molecule has 1 aromatic rings. The Labute approximate surface area is 101 Å². The Morgan fingerprint density at radius 1 is 1.59 bits per heavy atom. The van der Waals surface area contributed by atoms with E-state index in [9.17, 15) is 4.79 Å². The molecule has 1 saturated carbocycles. The van der Waals surface area contributed by atoms with Gasteiger partial charge in [-0.15, -0.1) is 0 Å². The molecule has 1 aliphatic rings. The van der Waals surface area contributed by atoms with Gasteiger partial charge in [-0.3, -0.25) is 4.79 Å². The first kappa shape index (κ1) is 12.0. The molecule has 2 N–H and O–H groups in total. The Morgan fingerprint density at radius 2 is 2.41 bits per heavy atom. The van der Waals surface area contributed by atoms with Gasteiger partial charge in [0.25, 0.3) is 0 Å². The largest absolute Gasteiger partial charge is 0.352 e. The zero-order valence-corrected chi connectivity index (χ0v) is 10.1. The molecule has 17 heavy (non-hydrogen) atoms. The van der Waals surface area contributed by atoms with Crippen LogP contribution in [0.15, 0.2) is 6.33 Å². The molecule has 1 fully saturated rings. The first-order chi connectivity index (χ1) is 8.29. The molecule has 0 aliphatic heterocycles. The van der Waals surface area contributed by atoms with E-state index in [1.807, 2.05) is 4.68 Å². The second-order valence-corrected chi connectivity index (χ2v) is 4.34. The van der Waals surface area contributed by atoms with Gasteiger partial charge < -0.3 is 10.6 Å². The van der Waals surface area contributed by atoms with Crippen LogP contribution in [0.2, 0.25) is 0 Å². The maximum atomic E-state index is 11.4. The maximum Gasteiger partial charge on any atom is 0.234 e. The van der Waals surface area contributed by atoms with Crippen LogP contribution in [0.4, 0.5) is 0 Å². The van der Waals surface area contributed by atoms with Gasteiger partial charge in [0.2, 0.25) is 5.91 Å². The van der Waals surface area contributed by atoms with Gasteiger partial charge in [0.05, 0.1) is 13.1 Å². The monoisotopic (exact) mass is 237 g/mol. The van der Waals surface area contributed by atoms with Crippen LogP contribution in [-0.2, 0) is 17.9 Å². The number of hydrogen-bond donors (Lipinski definition) is 2. The molecule has 94 valence electrons. The minimum atomic E-state index is 0.0639. The van der Waals surface area contributed by atoms with Crippen molar-refractivity contribution in [2.45, 2.75) is 45.3 Å². The van der Waals surface area contributed by atoms with Crippen molar-refractivity contribution < 1.29 is 4.79 Å². The van der Waals surface area contributed by atoms with Crippen molar-refractivity contribution in [3.05, 3.63) is 12.2 Å². The summed E-state index contributed by atoms with van der Waals surface area (Å²) in [5.41, 5.74) is 0. The van der Waals surface area contributed by atoms with Gasteiger partial charge in [-0.1, -0.05) is 6.92 Å². The van der Waals surface area contributed by atoms with E-state index in [0.29, 0.717) is 19.1 Å². The molecule has 0 saturated heterocycles. The third kappa shape index (κ3) is 3.81. The van der Waals surface area contributed by atoms with Gasteiger partial charge in [0.15, 0.2) is 0 Å². The molecule has 0 radical (unpaired) electrons. The van der Waals surface area contributed by atoms with Gasteiger partial charge in [-0.2, -0.15) is 5.10 Å². The number of aromatic nitrogens is 3. The van der Waals surface area contributed by atoms with Crippen LogP contribution in [-0.4, -0.2) is 33.3 Å². The fourth-order valence-electron chi connectivity index (χ4n) is 1.62. The summed E-state index contributed by atoms with van der Waals surface area (Å²) in [5.74, 6) is 0.945. The van der Waals surface area contributed by atoms with E-state index >= 15 is 0 Å². The Bertz CT molecular complexity index is 372. The highest BCUT2D eigenvalue weighted by atomic mass is 16.2. The highest BCUT2D eigenvalue weighted by Crippen LogP contribution is 2.18. The minimum Gasteiger partial charge on any atom is -0.352 e. The number of aryl methyl sites for hydroxylation is 1. The summed E-state index contributed by atoms with van der Waals surface area (Å²) in [6.45, 7) is 3.89. The normalized spacial score (nSPS) is 14.9. The summed E-state index contributed by atoms with van der Waals surface area (Å²) in [6, 6.07) is 0.424. The number of hydrogen-bond acceptors (Lipinski definition) is 4. The molecule has 0 atom stereocenters. The van der Waals surface area contributed by atoms with E-state index in [1.54, 1.807) is 6.33 Å². The summed E-state index contributed by atoms with van der Waals surface area (Å²) in [7, 11) is 0. The average molecular weight is 237 g/mol. The summed E-state index contributed by atoms with van der Waals surface area (Å²) in [6.07, 6.45) is 4.82. The highest BCUT2D eigenvalue weighted by Gasteiger charge is 2.22. The number of carbonyl (C=O) groups excluding carboxylic acids is 1. The number of amides is 1. The molecule has 1 heterocycles. The van der Waals surface area contributed by atoms with E-state index < -0.39 is 0 Å². The lowest BCUT2D eigenvalue weighted by Gasteiger charge is -2.06. The van der Waals surface area contributed by atoms with Crippen LogP contribution in [0.5, 0.6) is 0 Å². The number of nitrogens with zero attached hydrogens (tertiary/aromatic N) is 3. The van der Waals surface area contributed by atoms with Crippen LogP contribution in [0.1, 0.15) is 32.0 Å². The SMILES string of the molecule is CCCn1ncnc1CNCC(=O)NC1CC1. The van der Waals surface area contributed by atoms with Crippen LogP contribution >= 0.6 is 0 Å².